The zero-order valence-electron chi connectivity index (χ0n) is 15.7. The number of rotatable bonds is 6. The number of amides is 1. The van der Waals surface area contributed by atoms with Crippen molar-refractivity contribution in [3.05, 3.63) is 77.5 Å². The second-order valence-electron chi connectivity index (χ2n) is 6.28. The van der Waals surface area contributed by atoms with E-state index in [4.69, 9.17) is 16.2 Å². The molecule has 0 aliphatic carbocycles. The second-order valence-corrected chi connectivity index (χ2v) is 6.28. The molecule has 0 saturated carbocycles. The van der Waals surface area contributed by atoms with E-state index in [2.05, 4.69) is 15.2 Å². The summed E-state index contributed by atoms with van der Waals surface area (Å²) in [5.74, 6) is 0.165. The predicted molar refractivity (Wildman–Crippen MR) is 107 cm³/mol. The Hall–Kier alpha value is -3.74. The maximum atomic E-state index is 11.6. The van der Waals surface area contributed by atoms with E-state index in [9.17, 15) is 4.79 Å². The number of nitrogens with two attached hydrogens (primary N) is 2. The normalized spacial score (nSPS) is 11.3. The van der Waals surface area contributed by atoms with Crippen LogP contribution in [0.15, 0.2) is 55.0 Å². The van der Waals surface area contributed by atoms with E-state index >= 15 is 0 Å². The molecule has 1 aromatic carbocycles. The molecule has 28 heavy (non-hydrogen) atoms. The van der Waals surface area contributed by atoms with E-state index in [1.165, 1.54) is 0 Å². The number of primary amides is 1. The van der Waals surface area contributed by atoms with Crippen LogP contribution in [0.1, 0.15) is 22.5 Å². The highest BCUT2D eigenvalue weighted by Gasteiger charge is 2.14. The van der Waals surface area contributed by atoms with Gasteiger partial charge in [-0.3, -0.25) is 9.78 Å². The summed E-state index contributed by atoms with van der Waals surface area (Å²) in [7, 11) is 1.64. The molecular weight excluding hydrogens is 354 g/mol. The Morgan fingerprint density at radius 2 is 1.86 bits per heavy atom. The Morgan fingerprint density at radius 3 is 2.50 bits per heavy atom. The molecular formula is C21H21N5O2. The summed E-state index contributed by atoms with van der Waals surface area (Å²) < 4.78 is 5.19. The second kappa shape index (κ2) is 8.30. The van der Waals surface area contributed by atoms with Crippen LogP contribution in [-0.4, -0.2) is 28.2 Å². The first-order valence-corrected chi connectivity index (χ1v) is 8.65. The van der Waals surface area contributed by atoms with E-state index in [-0.39, 0.29) is 5.57 Å². The number of ether oxygens (including phenoxy) is 1. The lowest BCUT2D eigenvalue weighted by Gasteiger charge is -2.10. The Kier molecular flexibility index (Phi) is 5.64. The monoisotopic (exact) mass is 375 g/mol. The molecule has 2 aromatic heterocycles. The molecule has 0 fully saturated rings. The number of aryl methyl sites for hydroxylation is 1. The Morgan fingerprint density at radius 1 is 1.11 bits per heavy atom. The third-order valence-electron chi connectivity index (χ3n) is 4.36. The van der Waals surface area contributed by atoms with Crippen LogP contribution in [0, 0.1) is 6.92 Å². The molecule has 2 heterocycles. The van der Waals surface area contributed by atoms with Crippen molar-refractivity contribution in [1.29, 1.82) is 0 Å². The van der Waals surface area contributed by atoms with Gasteiger partial charge in [0.25, 0.3) is 5.91 Å². The van der Waals surface area contributed by atoms with Gasteiger partial charge in [0.2, 0.25) is 0 Å². The van der Waals surface area contributed by atoms with Gasteiger partial charge in [0, 0.05) is 29.7 Å². The van der Waals surface area contributed by atoms with Crippen molar-refractivity contribution < 1.29 is 9.53 Å². The zero-order chi connectivity index (χ0) is 20.1. The van der Waals surface area contributed by atoms with Gasteiger partial charge in [-0.2, -0.15) is 5.10 Å². The lowest BCUT2D eigenvalue weighted by molar-refractivity contribution is -0.112. The number of methoxy groups -OCH3 is 1. The first kappa shape index (κ1) is 19.0. The van der Waals surface area contributed by atoms with Gasteiger partial charge in [0.15, 0.2) is 0 Å². The van der Waals surface area contributed by atoms with E-state index in [0.29, 0.717) is 11.4 Å². The summed E-state index contributed by atoms with van der Waals surface area (Å²) in [6, 6.07) is 11.7. The van der Waals surface area contributed by atoms with Crippen LogP contribution in [-0.2, 0) is 11.2 Å². The summed E-state index contributed by atoms with van der Waals surface area (Å²) in [6.07, 6.45) is 5.45. The smallest absolute Gasteiger partial charge is 0.252 e. The number of aromatic nitrogens is 3. The average molecular weight is 375 g/mol. The fraction of sp³-hybridized carbons (Fsp3) is 0.143. The molecule has 0 unspecified atom stereocenters. The molecule has 142 valence electrons. The van der Waals surface area contributed by atoms with Crippen molar-refractivity contribution in [3.8, 4) is 16.9 Å². The summed E-state index contributed by atoms with van der Waals surface area (Å²) in [6.45, 7) is 1.85. The van der Waals surface area contributed by atoms with Gasteiger partial charge >= 0.3 is 0 Å². The lowest BCUT2D eigenvalue weighted by atomic mass is 10.00. The maximum Gasteiger partial charge on any atom is 0.252 e. The fourth-order valence-corrected chi connectivity index (χ4v) is 2.88. The minimum absolute atomic E-state index is 0.121. The standard InChI is InChI=1S/C21H21N5O2/c1-13-18(9-20(26-25-13)19(10-22)21(23)27)16-8-15(11-24-12-16)7-14-3-5-17(28-2)6-4-14/h3-6,8-12H,7,22H2,1-2H3,(H2,23,27)/b19-10-. The molecule has 4 N–H and O–H groups in total. The van der Waals surface area contributed by atoms with Gasteiger partial charge in [-0.1, -0.05) is 12.1 Å². The van der Waals surface area contributed by atoms with Crippen molar-refractivity contribution in [2.75, 3.05) is 7.11 Å². The summed E-state index contributed by atoms with van der Waals surface area (Å²) >= 11 is 0. The van der Waals surface area contributed by atoms with Crippen molar-refractivity contribution in [1.82, 2.24) is 15.2 Å². The third-order valence-corrected chi connectivity index (χ3v) is 4.36. The highest BCUT2D eigenvalue weighted by Crippen LogP contribution is 2.25. The SMILES string of the molecule is COc1ccc(Cc2cncc(-c3cc(/C(=C/N)C(N)=O)nnc3C)c2)cc1. The number of hydrogen-bond donors (Lipinski definition) is 2. The average Bonchev–Trinajstić information content (AvgIpc) is 2.70. The van der Waals surface area contributed by atoms with Gasteiger partial charge in [-0.15, -0.1) is 5.10 Å². The number of benzene rings is 1. The van der Waals surface area contributed by atoms with Crippen molar-refractivity contribution in [2.45, 2.75) is 13.3 Å². The van der Waals surface area contributed by atoms with Crippen LogP contribution >= 0.6 is 0 Å². The van der Waals surface area contributed by atoms with Crippen LogP contribution in [0.5, 0.6) is 5.75 Å². The zero-order valence-corrected chi connectivity index (χ0v) is 15.7. The first-order chi connectivity index (χ1) is 13.5. The quantitative estimate of drug-likeness (QED) is 0.638. The van der Waals surface area contributed by atoms with Crippen molar-refractivity contribution >= 4 is 11.5 Å². The molecule has 3 aromatic rings. The molecule has 0 aliphatic rings. The number of pyridine rings is 1. The van der Waals surface area contributed by atoms with Crippen LogP contribution in [0.4, 0.5) is 0 Å². The molecule has 7 heteroatoms. The predicted octanol–water partition coefficient (Wildman–Crippen LogP) is 2.23. The maximum absolute atomic E-state index is 11.6. The summed E-state index contributed by atoms with van der Waals surface area (Å²) in [5.41, 5.74) is 15.9. The molecule has 0 spiro atoms. The molecule has 7 nitrogen and oxygen atoms in total. The number of hydrogen-bond acceptors (Lipinski definition) is 6. The first-order valence-electron chi connectivity index (χ1n) is 8.65. The van der Waals surface area contributed by atoms with E-state index < -0.39 is 5.91 Å². The highest BCUT2D eigenvalue weighted by atomic mass is 16.5. The largest absolute Gasteiger partial charge is 0.497 e. The van der Waals surface area contributed by atoms with Gasteiger partial charge < -0.3 is 16.2 Å². The Labute approximate surface area is 163 Å². The van der Waals surface area contributed by atoms with Crippen molar-refractivity contribution in [3.63, 3.8) is 0 Å². The molecule has 0 atom stereocenters. The van der Waals surface area contributed by atoms with Crippen molar-refractivity contribution in [2.24, 2.45) is 11.5 Å². The van der Waals surface area contributed by atoms with Crippen LogP contribution < -0.4 is 16.2 Å². The van der Waals surface area contributed by atoms with Crippen LogP contribution in [0.2, 0.25) is 0 Å². The number of carbonyl (C=O) groups excluding carboxylic acids is 1. The molecule has 0 saturated heterocycles. The molecule has 0 aliphatic heterocycles. The van der Waals surface area contributed by atoms with Gasteiger partial charge in [0.1, 0.15) is 11.4 Å². The molecule has 3 rings (SSSR count). The molecule has 1 amide bonds. The minimum Gasteiger partial charge on any atom is -0.497 e. The topological polar surface area (TPSA) is 117 Å². The number of carbonyl (C=O) groups is 1. The lowest BCUT2D eigenvalue weighted by Crippen LogP contribution is -2.15. The van der Waals surface area contributed by atoms with Crippen LogP contribution in [0.25, 0.3) is 16.7 Å². The highest BCUT2D eigenvalue weighted by molar-refractivity contribution is 6.18. The van der Waals surface area contributed by atoms with E-state index in [0.717, 1.165) is 40.6 Å². The number of nitrogens with zero attached hydrogens (tertiary/aromatic N) is 3. The van der Waals surface area contributed by atoms with Gasteiger partial charge in [-0.25, -0.2) is 0 Å². The van der Waals surface area contributed by atoms with E-state index in [1.54, 1.807) is 19.4 Å². The van der Waals surface area contributed by atoms with Gasteiger partial charge in [0.05, 0.1) is 18.4 Å². The fourth-order valence-electron chi connectivity index (χ4n) is 2.88. The van der Waals surface area contributed by atoms with Crippen LogP contribution in [0.3, 0.4) is 0 Å². The molecule has 0 bridgehead atoms. The van der Waals surface area contributed by atoms with Gasteiger partial charge in [-0.05, 0) is 48.7 Å². The molecule has 0 radical (unpaired) electrons. The summed E-state index contributed by atoms with van der Waals surface area (Å²) in [4.78, 5) is 15.9. The summed E-state index contributed by atoms with van der Waals surface area (Å²) in [5, 5.41) is 8.18. The Bertz CT molecular complexity index is 1030. The Balaban J connectivity index is 1.94. The van der Waals surface area contributed by atoms with E-state index in [1.807, 2.05) is 43.5 Å². The minimum atomic E-state index is -0.655. The third kappa shape index (κ3) is 4.15.